The van der Waals surface area contributed by atoms with Crippen molar-refractivity contribution in [2.75, 3.05) is 0 Å². The number of rotatable bonds is 3. The molecule has 1 aromatic carbocycles. The van der Waals surface area contributed by atoms with Gasteiger partial charge >= 0.3 is 0 Å². The number of hydrogen-bond donors (Lipinski definition) is 2. The van der Waals surface area contributed by atoms with Gasteiger partial charge in [-0.2, -0.15) is 0 Å². The van der Waals surface area contributed by atoms with E-state index in [1.807, 2.05) is 24.3 Å². The molecular formula is C14H13ClN2OS. The number of nitrogens with two attached hydrogens (primary N) is 1. The van der Waals surface area contributed by atoms with Gasteiger partial charge in [0.1, 0.15) is 17.4 Å². The second kappa shape index (κ2) is 4.98. The summed E-state index contributed by atoms with van der Waals surface area (Å²) < 4.78 is 5.85. The molecule has 0 spiro atoms. The predicted octanol–water partition coefficient (Wildman–Crippen LogP) is 4.01. The van der Waals surface area contributed by atoms with Crippen LogP contribution in [0.3, 0.4) is 0 Å². The Hall–Kier alpha value is -1.33. The summed E-state index contributed by atoms with van der Waals surface area (Å²) in [6.45, 7) is 2.07. The fourth-order valence-corrected chi connectivity index (χ4v) is 3.22. The van der Waals surface area contributed by atoms with E-state index >= 15 is 0 Å². The molecule has 0 saturated heterocycles. The van der Waals surface area contributed by atoms with Crippen molar-refractivity contribution in [3.63, 3.8) is 0 Å². The first-order valence-electron chi connectivity index (χ1n) is 5.89. The Morgan fingerprint density at radius 3 is 2.79 bits per heavy atom. The molecule has 1 unspecified atom stereocenters. The van der Waals surface area contributed by atoms with Gasteiger partial charge in [-0.3, -0.25) is 5.84 Å². The van der Waals surface area contributed by atoms with Crippen LogP contribution in [0, 0.1) is 6.92 Å². The highest BCUT2D eigenvalue weighted by molar-refractivity contribution is 7.12. The molecule has 2 heterocycles. The number of nitrogens with one attached hydrogen (secondary N) is 1. The number of thiophene rings is 1. The minimum absolute atomic E-state index is 0.134. The first-order valence-corrected chi connectivity index (χ1v) is 7.08. The van der Waals surface area contributed by atoms with E-state index in [1.54, 1.807) is 11.3 Å². The molecule has 0 radical (unpaired) electrons. The summed E-state index contributed by atoms with van der Waals surface area (Å²) >= 11 is 7.68. The molecule has 0 aliphatic carbocycles. The molecule has 0 fully saturated rings. The van der Waals surface area contributed by atoms with Crippen molar-refractivity contribution in [3.05, 3.63) is 56.9 Å². The van der Waals surface area contributed by atoms with Crippen molar-refractivity contribution in [1.29, 1.82) is 0 Å². The third-order valence-corrected chi connectivity index (χ3v) is 4.29. The van der Waals surface area contributed by atoms with Crippen LogP contribution < -0.4 is 11.3 Å². The summed E-state index contributed by atoms with van der Waals surface area (Å²) in [5.41, 5.74) is 3.62. The average molecular weight is 293 g/mol. The zero-order valence-corrected chi connectivity index (χ0v) is 11.9. The molecule has 0 saturated carbocycles. The van der Waals surface area contributed by atoms with Crippen LogP contribution in [0.4, 0.5) is 0 Å². The standard InChI is InChI=1S/C14H13ClN2OS/c1-8-2-5-13(19-8)14(17-16)12-7-9-6-10(15)3-4-11(9)18-12/h2-7,14,17H,16H2,1H3. The Morgan fingerprint density at radius 2 is 2.11 bits per heavy atom. The molecule has 19 heavy (non-hydrogen) atoms. The van der Waals surface area contributed by atoms with Crippen LogP contribution in [0.5, 0.6) is 0 Å². The Kier molecular flexibility index (Phi) is 3.33. The van der Waals surface area contributed by atoms with Crippen molar-refractivity contribution in [2.24, 2.45) is 5.84 Å². The average Bonchev–Trinajstić information content (AvgIpc) is 2.96. The molecule has 0 aliphatic rings. The number of hydrazine groups is 1. The van der Waals surface area contributed by atoms with Crippen molar-refractivity contribution in [2.45, 2.75) is 13.0 Å². The molecule has 0 aliphatic heterocycles. The van der Waals surface area contributed by atoms with Crippen molar-refractivity contribution in [3.8, 4) is 0 Å². The minimum Gasteiger partial charge on any atom is -0.459 e. The van der Waals surface area contributed by atoms with Gasteiger partial charge in [0.2, 0.25) is 0 Å². The van der Waals surface area contributed by atoms with Gasteiger partial charge in [-0.1, -0.05) is 11.6 Å². The van der Waals surface area contributed by atoms with Crippen LogP contribution in [0.2, 0.25) is 5.02 Å². The highest BCUT2D eigenvalue weighted by Crippen LogP contribution is 2.32. The summed E-state index contributed by atoms with van der Waals surface area (Å²) in [7, 11) is 0. The maximum atomic E-state index is 5.98. The van der Waals surface area contributed by atoms with Gasteiger partial charge in [0.25, 0.3) is 0 Å². The predicted molar refractivity (Wildman–Crippen MR) is 79.4 cm³/mol. The van der Waals surface area contributed by atoms with E-state index in [4.69, 9.17) is 21.9 Å². The molecule has 98 valence electrons. The van der Waals surface area contributed by atoms with Gasteiger partial charge in [0, 0.05) is 20.2 Å². The van der Waals surface area contributed by atoms with Gasteiger partial charge in [0.15, 0.2) is 0 Å². The number of furan rings is 1. The van der Waals surface area contributed by atoms with Crippen molar-refractivity contribution >= 4 is 33.9 Å². The van der Waals surface area contributed by atoms with Crippen LogP contribution in [0.1, 0.15) is 21.6 Å². The number of fused-ring (bicyclic) bond motifs is 1. The first-order chi connectivity index (χ1) is 9.17. The van der Waals surface area contributed by atoms with Gasteiger partial charge in [-0.25, -0.2) is 5.43 Å². The van der Waals surface area contributed by atoms with Crippen LogP contribution >= 0.6 is 22.9 Å². The maximum Gasteiger partial charge on any atom is 0.134 e. The van der Waals surface area contributed by atoms with E-state index < -0.39 is 0 Å². The first kappa shape index (κ1) is 12.7. The summed E-state index contributed by atoms with van der Waals surface area (Å²) in [4.78, 5) is 2.37. The Labute approximate surface area is 119 Å². The fourth-order valence-electron chi connectivity index (χ4n) is 2.09. The quantitative estimate of drug-likeness (QED) is 0.566. The lowest BCUT2D eigenvalue weighted by atomic mass is 10.2. The van der Waals surface area contributed by atoms with Gasteiger partial charge in [0.05, 0.1) is 0 Å². The van der Waals surface area contributed by atoms with Crippen LogP contribution in [0.25, 0.3) is 11.0 Å². The number of halogens is 1. The highest BCUT2D eigenvalue weighted by Gasteiger charge is 2.18. The van der Waals surface area contributed by atoms with Crippen LogP contribution in [-0.2, 0) is 0 Å². The highest BCUT2D eigenvalue weighted by atomic mass is 35.5. The van der Waals surface area contributed by atoms with Crippen LogP contribution in [-0.4, -0.2) is 0 Å². The summed E-state index contributed by atoms with van der Waals surface area (Å²) in [5.74, 6) is 6.46. The van der Waals surface area contributed by atoms with E-state index in [1.165, 1.54) is 4.88 Å². The monoisotopic (exact) mass is 292 g/mol. The lowest BCUT2D eigenvalue weighted by molar-refractivity contribution is 0.481. The number of aryl methyl sites for hydroxylation is 1. The largest absolute Gasteiger partial charge is 0.459 e. The van der Waals surface area contributed by atoms with E-state index in [9.17, 15) is 0 Å². The third-order valence-electron chi connectivity index (χ3n) is 2.99. The Bertz CT molecular complexity index is 719. The molecule has 5 heteroatoms. The van der Waals surface area contributed by atoms with Crippen molar-refractivity contribution < 1.29 is 4.42 Å². The van der Waals surface area contributed by atoms with E-state index in [0.29, 0.717) is 5.02 Å². The molecule has 3 aromatic rings. The number of benzene rings is 1. The van der Waals surface area contributed by atoms with Crippen molar-refractivity contribution in [1.82, 2.24) is 5.43 Å². The summed E-state index contributed by atoms with van der Waals surface area (Å²) in [5, 5.41) is 1.68. The molecule has 0 amide bonds. The molecule has 3 nitrogen and oxygen atoms in total. The zero-order valence-electron chi connectivity index (χ0n) is 10.3. The maximum absolute atomic E-state index is 5.98. The smallest absolute Gasteiger partial charge is 0.134 e. The number of hydrogen-bond acceptors (Lipinski definition) is 4. The van der Waals surface area contributed by atoms with Gasteiger partial charge in [-0.05, 0) is 43.3 Å². The second-order valence-electron chi connectivity index (χ2n) is 4.38. The van der Waals surface area contributed by atoms with Gasteiger partial charge < -0.3 is 4.42 Å². The molecule has 0 bridgehead atoms. The van der Waals surface area contributed by atoms with Gasteiger partial charge in [-0.15, -0.1) is 11.3 Å². The summed E-state index contributed by atoms with van der Waals surface area (Å²) in [6.07, 6.45) is 0. The minimum atomic E-state index is -0.134. The SMILES string of the molecule is Cc1ccc(C(NN)c2cc3cc(Cl)ccc3o2)s1. The lowest BCUT2D eigenvalue weighted by Crippen LogP contribution is -2.27. The molecule has 2 aromatic heterocycles. The van der Waals surface area contributed by atoms with E-state index in [0.717, 1.165) is 21.6 Å². The summed E-state index contributed by atoms with van der Waals surface area (Å²) in [6, 6.07) is 11.5. The van der Waals surface area contributed by atoms with Crippen LogP contribution in [0.15, 0.2) is 40.8 Å². The third kappa shape index (κ3) is 2.40. The Morgan fingerprint density at radius 1 is 1.26 bits per heavy atom. The topological polar surface area (TPSA) is 51.2 Å². The molecule has 1 atom stereocenters. The normalized spacial score (nSPS) is 13.0. The molecule has 3 rings (SSSR count). The molecule has 3 N–H and O–H groups in total. The fraction of sp³-hybridized carbons (Fsp3) is 0.143. The second-order valence-corrected chi connectivity index (χ2v) is 6.13. The van der Waals surface area contributed by atoms with E-state index in [-0.39, 0.29) is 6.04 Å². The zero-order chi connectivity index (χ0) is 13.4. The Balaban J connectivity index is 2.06. The molecular weight excluding hydrogens is 280 g/mol. The lowest BCUT2D eigenvalue weighted by Gasteiger charge is -2.10. The van der Waals surface area contributed by atoms with E-state index in [2.05, 4.69) is 24.5 Å².